The molecule has 148 valence electrons. The molecule has 3 aromatic carbocycles. The largest absolute Gasteiger partial charge is 0.321 e. The molecule has 0 unspecified atom stereocenters. The van der Waals surface area contributed by atoms with E-state index in [1.807, 2.05) is 6.07 Å². The van der Waals surface area contributed by atoms with E-state index in [2.05, 4.69) is 10.4 Å². The average molecular weight is 436 g/mol. The van der Waals surface area contributed by atoms with Gasteiger partial charge >= 0.3 is 0 Å². The summed E-state index contributed by atoms with van der Waals surface area (Å²) in [7, 11) is 0. The van der Waals surface area contributed by atoms with Gasteiger partial charge < -0.3 is 5.32 Å². The summed E-state index contributed by atoms with van der Waals surface area (Å²) in [6, 6.07) is 20.7. The molecular weight excluding hydrogens is 421 g/mol. The topological polar surface area (TPSA) is 64.0 Å². The van der Waals surface area contributed by atoms with Crippen molar-refractivity contribution < 1.29 is 9.59 Å². The molecule has 1 aromatic heterocycles. The van der Waals surface area contributed by atoms with Crippen LogP contribution in [0.15, 0.2) is 85.2 Å². The number of carbonyl (C=O) groups excluding carboxylic acids is 2. The van der Waals surface area contributed by atoms with Crippen LogP contribution in [0.2, 0.25) is 10.0 Å². The normalized spacial score (nSPS) is 10.6. The minimum atomic E-state index is -0.389. The highest BCUT2D eigenvalue weighted by Gasteiger charge is 2.17. The Balaban J connectivity index is 1.60. The number of rotatable bonds is 5. The van der Waals surface area contributed by atoms with Crippen molar-refractivity contribution in [3.8, 4) is 5.69 Å². The van der Waals surface area contributed by atoms with Gasteiger partial charge in [0.15, 0.2) is 5.78 Å². The number of hydrogen-bond acceptors (Lipinski definition) is 3. The van der Waals surface area contributed by atoms with Crippen LogP contribution >= 0.6 is 23.2 Å². The van der Waals surface area contributed by atoms with Crippen LogP contribution in [0.5, 0.6) is 0 Å². The monoisotopic (exact) mass is 435 g/mol. The summed E-state index contributed by atoms with van der Waals surface area (Å²) in [6.45, 7) is 0. The van der Waals surface area contributed by atoms with E-state index in [9.17, 15) is 9.59 Å². The SMILES string of the molecule is O=C(Nc1ccc(Cl)cc1C(=O)c1ccccc1)c1cnn(-c2ccc(Cl)cc2)c1. The van der Waals surface area contributed by atoms with Crippen LogP contribution in [0.3, 0.4) is 0 Å². The van der Waals surface area contributed by atoms with Crippen molar-refractivity contribution in [3.05, 3.63) is 112 Å². The molecule has 1 amide bonds. The summed E-state index contributed by atoms with van der Waals surface area (Å²) in [5.74, 6) is -0.620. The second-order valence-electron chi connectivity index (χ2n) is 6.49. The fourth-order valence-electron chi connectivity index (χ4n) is 2.93. The van der Waals surface area contributed by atoms with Crippen LogP contribution in [0, 0.1) is 0 Å². The van der Waals surface area contributed by atoms with E-state index in [1.165, 1.54) is 6.20 Å². The minimum absolute atomic E-state index is 0.231. The average Bonchev–Trinajstić information content (AvgIpc) is 3.26. The first-order chi connectivity index (χ1) is 14.5. The lowest BCUT2D eigenvalue weighted by Crippen LogP contribution is -2.15. The van der Waals surface area contributed by atoms with Crippen molar-refractivity contribution in [3.63, 3.8) is 0 Å². The highest BCUT2D eigenvalue weighted by Crippen LogP contribution is 2.24. The molecule has 4 rings (SSSR count). The molecule has 4 aromatic rings. The van der Waals surface area contributed by atoms with Gasteiger partial charge in [-0.3, -0.25) is 9.59 Å². The molecule has 0 saturated heterocycles. The van der Waals surface area contributed by atoms with Crippen molar-refractivity contribution in [1.29, 1.82) is 0 Å². The van der Waals surface area contributed by atoms with Crippen molar-refractivity contribution in [2.75, 3.05) is 5.32 Å². The van der Waals surface area contributed by atoms with Gasteiger partial charge in [-0.1, -0.05) is 53.5 Å². The molecule has 7 heteroatoms. The number of ketones is 1. The summed E-state index contributed by atoms with van der Waals surface area (Å²) >= 11 is 12.0. The third-order valence-corrected chi connectivity index (χ3v) is 4.93. The molecule has 0 aliphatic rings. The highest BCUT2D eigenvalue weighted by molar-refractivity contribution is 6.31. The van der Waals surface area contributed by atoms with Crippen LogP contribution in [-0.2, 0) is 0 Å². The second kappa shape index (κ2) is 8.53. The van der Waals surface area contributed by atoms with Crippen LogP contribution in [0.25, 0.3) is 5.69 Å². The first-order valence-corrected chi connectivity index (χ1v) is 9.78. The van der Waals surface area contributed by atoms with Crippen LogP contribution in [0.4, 0.5) is 5.69 Å². The molecule has 0 bridgehead atoms. The molecule has 0 aliphatic carbocycles. The lowest BCUT2D eigenvalue weighted by Gasteiger charge is -2.10. The number of halogens is 2. The van der Waals surface area contributed by atoms with Gasteiger partial charge in [0.25, 0.3) is 5.91 Å². The van der Waals surface area contributed by atoms with Crippen molar-refractivity contribution in [2.24, 2.45) is 0 Å². The Hall–Kier alpha value is -3.41. The maximum absolute atomic E-state index is 12.9. The van der Waals surface area contributed by atoms with Gasteiger partial charge in [-0.15, -0.1) is 0 Å². The van der Waals surface area contributed by atoms with E-state index < -0.39 is 0 Å². The van der Waals surface area contributed by atoms with E-state index in [-0.39, 0.29) is 11.7 Å². The smallest absolute Gasteiger partial charge is 0.258 e. The number of aromatic nitrogens is 2. The van der Waals surface area contributed by atoms with E-state index in [0.29, 0.717) is 32.4 Å². The predicted molar refractivity (Wildman–Crippen MR) is 118 cm³/mol. The first kappa shape index (κ1) is 19.9. The predicted octanol–water partition coefficient (Wildman–Crippen LogP) is 5.66. The van der Waals surface area contributed by atoms with Gasteiger partial charge in [-0.25, -0.2) is 4.68 Å². The van der Waals surface area contributed by atoms with Crippen LogP contribution in [0.1, 0.15) is 26.3 Å². The molecule has 0 radical (unpaired) electrons. The number of amides is 1. The Morgan fingerprint density at radius 2 is 1.53 bits per heavy atom. The van der Waals surface area contributed by atoms with Gasteiger partial charge in [0.2, 0.25) is 0 Å². The molecule has 0 saturated carbocycles. The number of anilines is 1. The number of carbonyl (C=O) groups is 2. The summed E-state index contributed by atoms with van der Waals surface area (Å²) in [5.41, 5.74) is 2.30. The van der Waals surface area contributed by atoms with E-state index in [4.69, 9.17) is 23.2 Å². The number of nitrogens with one attached hydrogen (secondary N) is 1. The molecule has 0 aliphatic heterocycles. The fourth-order valence-corrected chi connectivity index (χ4v) is 3.23. The summed E-state index contributed by atoms with van der Waals surface area (Å²) < 4.78 is 1.57. The quantitative estimate of drug-likeness (QED) is 0.411. The van der Waals surface area contributed by atoms with Gasteiger partial charge in [0.05, 0.1) is 23.1 Å². The Morgan fingerprint density at radius 3 is 2.27 bits per heavy atom. The van der Waals surface area contributed by atoms with Gasteiger partial charge in [-0.05, 0) is 42.5 Å². The van der Waals surface area contributed by atoms with Crippen LogP contribution < -0.4 is 5.32 Å². The Bertz CT molecular complexity index is 1220. The zero-order chi connectivity index (χ0) is 21.1. The summed E-state index contributed by atoms with van der Waals surface area (Å²) in [5, 5.41) is 8.03. The third kappa shape index (κ3) is 4.27. The molecule has 0 fully saturated rings. The Morgan fingerprint density at radius 1 is 0.833 bits per heavy atom. The highest BCUT2D eigenvalue weighted by atomic mass is 35.5. The second-order valence-corrected chi connectivity index (χ2v) is 7.36. The van der Waals surface area contributed by atoms with Crippen molar-refractivity contribution in [2.45, 2.75) is 0 Å². The summed E-state index contributed by atoms with van der Waals surface area (Å²) in [6.07, 6.45) is 3.06. The Labute approximate surface area is 182 Å². The Kier molecular flexibility index (Phi) is 5.65. The molecular formula is C23H15Cl2N3O2. The maximum Gasteiger partial charge on any atom is 0.258 e. The minimum Gasteiger partial charge on any atom is -0.321 e. The lowest BCUT2D eigenvalue weighted by molar-refractivity contribution is 0.102. The number of benzene rings is 3. The van der Waals surface area contributed by atoms with Gasteiger partial charge in [0.1, 0.15) is 0 Å². The van der Waals surface area contributed by atoms with Crippen LogP contribution in [-0.4, -0.2) is 21.5 Å². The van der Waals surface area contributed by atoms with Gasteiger partial charge in [0, 0.05) is 27.4 Å². The zero-order valence-corrected chi connectivity index (χ0v) is 17.1. The van der Waals surface area contributed by atoms with E-state index in [0.717, 1.165) is 5.69 Å². The van der Waals surface area contributed by atoms with Gasteiger partial charge in [-0.2, -0.15) is 5.10 Å². The first-order valence-electron chi connectivity index (χ1n) is 9.02. The third-order valence-electron chi connectivity index (χ3n) is 4.45. The molecule has 0 spiro atoms. The molecule has 1 heterocycles. The van der Waals surface area contributed by atoms with E-state index in [1.54, 1.807) is 77.6 Å². The maximum atomic E-state index is 12.9. The molecule has 1 N–H and O–H groups in total. The van der Waals surface area contributed by atoms with Crippen molar-refractivity contribution >= 4 is 40.6 Å². The van der Waals surface area contributed by atoms with E-state index >= 15 is 0 Å². The standard InChI is InChI=1S/C23H15Cl2N3O2/c24-17-6-9-19(10-7-17)28-14-16(13-26-28)23(30)27-21-11-8-18(25)12-20(21)22(29)15-4-2-1-3-5-15/h1-14H,(H,27,30). The van der Waals surface area contributed by atoms with Crippen molar-refractivity contribution in [1.82, 2.24) is 9.78 Å². The summed E-state index contributed by atoms with van der Waals surface area (Å²) in [4.78, 5) is 25.7. The molecule has 0 atom stereocenters. The fraction of sp³-hybridized carbons (Fsp3) is 0. The zero-order valence-electron chi connectivity index (χ0n) is 15.5. The molecule has 5 nitrogen and oxygen atoms in total. The molecule has 30 heavy (non-hydrogen) atoms. The number of hydrogen-bond donors (Lipinski definition) is 1. The lowest BCUT2D eigenvalue weighted by atomic mass is 10.0. The number of nitrogens with zero attached hydrogens (tertiary/aromatic N) is 2.